The minimum Gasteiger partial charge on any atom is -0.291 e. The minimum atomic E-state index is -0.467. The lowest BCUT2D eigenvalue weighted by atomic mass is 10.0. The van der Waals surface area contributed by atoms with E-state index in [1.54, 1.807) is 0 Å². The summed E-state index contributed by atoms with van der Waals surface area (Å²) in [6.07, 6.45) is 1.20. The molecule has 0 fully saturated rings. The molecule has 0 aliphatic carbocycles. The Morgan fingerprint density at radius 3 is 2.55 bits per heavy atom. The van der Waals surface area contributed by atoms with Crippen LogP contribution in [-0.2, 0) is 19.4 Å². The van der Waals surface area contributed by atoms with E-state index in [4.69, 9.17) is 0 Å². The van der Waals surface area contributed by atoms with Gasteiger partial charge in [0, 0.05) is 0 Å². The Kier molecular flexibility index (Phi) is 3.79. The van der Waals surface area contributed by atoms with Crippen molar-refractivity contribution in [1.29, 1.82) is 5.26 Å². The van der Waals surface area contributed by atoms with Gasteiger partial charge < -0.3 is 0 Å². The molecule has 104 valence electrons. The van der Waals surface area contributed by atoms with E-state index in [1.165, 1.54) is 0 Å². The van der Waals surface area contributed by atoms with Crippen LogP contribution in [0, 0.1) is 11.3 Å². The Morgan fingerprint density at radius 1 is 1.30 bits per heavy atom. The minimum absolute atomic E-state index is 0.0171. The predicted octanol–water partition coefficient (Wildman–Crippen LogP) is -0.301. The quantitative estimate of drug-likeness (QED) is 0.793. The van der Waals surface area contributed by atoms with Crippen LogP contribution in [0.15, 0.2) is 9.59 Å². The van der Waals surface area contributed by atoms with Crippen molar-refractivity contribution in [3.05, 3.63) is 43.5 Å². The van der Waals surface area contributed by atoms with Crippen LogP contribution < -0.4 is 11.2 Å². The summed E-state index contributed by atoms with van der Waals surface area (Å²) in [5.74, 6) is 0.291. The lowest BCUT2D eigenvalue weighted by Crippen LogP contribution is -2.29. The van der Waals surface area contributed by atoms with Crippen molar-refractivity contribution >= 4 is 0 Å². The second-order valence-corrected chi connectivity index (χ2v) is 4.21. The Balaban J connectivity index is 2.57. The molecule has 2 aromatic rings. The lowest BCUT2D eigenvalue weighted by molar-refractivity contribution is 0.593. The first-order valence-electron chi connectivity index (χ1n) is 6.27. The van der Waals surface area contributed by atoms with Crippen LogP contribution in [0.2, 0.25) is 0 Å². The van der Waals surface area contributed by atoms with E-state index < -0.39 is 11.2 Å². The van der Waals surface area contributed by atoms with Gasteiger partial charge in [-0.3, -0.25) is 9.78 Å². The average Bonchev–Trinajstić information content (AvgIpc) is 2.85. The number of nitrogens with one attached hydrogen (secondary N) is 2. The van der Waals surface area contributed by atoms with E-state index in [0.717, 1.165) is 4.68 Å². The van der Waals surface area contributed by atoms with E-state index in [9.17, 15) is 14.9 Å². The van der Waals surface area contributed by atoms with Gasteiger partial charge >= 0.3 is 5.69 Å². The molecule has 2 N–H and O–H groups in total. The fourth-order valence-corrected chi connectivity index (χ4v) is 2.06. The average molecular weight is 274 g/mol. The van der Waals surface area contributed by atoms with Crippen LogP contribution in [0.5, 0.6) is 0 Å². The van der Waals surface area contributed by atoms with Gasteiger partial charge in [0.1, 0.15) is 18.2 Å². The maximum absolute atomic E-state index is 12.2. The number of hydrogen-bond acceptors (Lipinski definition) is 5. The molecule has 0 aromatic carbocycles. The van der Waals surface area contributed by atoms with Crippen LogP contribution >= 0.6 is 0 Å². The van der Waals surface area contributed by atoms with Crippen molar-refractivity contribution in [2.75, 3.05) is 0 Å². The van der Waals surface area contributed by atoms with Crippen LogP contribution in [-0.4, -0.2) is 25.0 Å². The summed E-state index contributed by atoms with van der Waals surface area (Å²) in [5.41, 5.74) is 0.588. The van der Waals surface area contributed by atoms with Gasteiger partial charge in [0.2, 0.25) is 0 Å². The molecule has 0 bridgehead atoms. The highest BCUT2D eigenvalue weighted by molar-refractivity contribution is 5.38. The zero-order chi connectivity index (χ0) is 14.7. The van der Waals surface area contributed by atoms with E-state index in [-0.39, 0.29) is 12.1 Å². The van der Waals surface area contributed by atoms with Gasteiger partial charge in [0.15, 0.2) is 5.82 Å². The largest absolute Gasteiger partial charge is 0.340 e. The highest BCUT2D eigenvalue weighted by Crippen LogP contribution is 2.10. The topological polar surface area (TPSA) is 120 Å². The summed E-state index contributed by atoms with van der Waals surface area (Å²) >= 11 is 0. The molecule has 0 unspecified atom stereocenters. The van der Waals surface area contributed by atoms with Gasteiger partial charge in [0.25, 0.3) is 5.56 Å². The number of nitriles is 1. The smallest absolute Gasteiger partial charge is 0.291 e. The molecule has 20 heavy (non-hydrogen) atoms. The molecule has 0 saturated heterocycles. The molecule has 0 atom stereocenters. The molecular weight excluding hydrogens is 260 g/mol. The third kappa shape index (κ3) is 2.38. The number of rotatable bonds is 4. The summed E-state index contributed by atoms with van der Waals surface area (Å²) in [6.45, 7) is 3.81. The molecule has 0 amide bonds. The molecule has 0 radical (unpaired) electrons. The van der Waals surface area contributed by atoms with Crippen molar-refractivity contribution in [2.24, 2.45) is 0 Å². The van der Waals surface area contributed by atoms with Gasteiger partial charge in [-0.15, -0.1) is 0 Å². The number of nitrogens with zero attached hydrogens (tertiary/aromatic N) is 4. The highest BCUT2D eigenvalue weighted by atomic mass is 16.1. The Labute approximate surface area is 114 Å². The van der Waals surface area contributed by atoms with Crippen LogP contribution in [0.25, 0.3) is 0 Å². The predicted molar refractivity (Wildman–Crippen MR) is 70.3 cm³/mol. The molecule has 0 aliphatic rings. The van der Waals surface area contributed by atoms with E-state index in [2.05, 4.69) is 20.3 Å². The third-order valence-corrected chi connectivity index (χ3v) is 2.99. The Morgan fingerprint density at radius 2 is 2.05 bits per heavy atom. The standard InChI is InChI=1S/C12H14N6O2/c1-3-7-8(5-13)11(19)18(17-9(7)4-2)6-10-14-12(20)16-15-10/h3-4,6H2,1-2H3,(H2,14,15,16,20). The third-order valence-electron chi connectivity index (χ3n) is 2.99. The summed E-state index contributed by atoms with van der Waals surface area (Å²) in [5, 5.41) is 19.4. The fraction of sp³-hybridized carbons (Fsp3) is 0.417. The SMILES string of the molecule is CCc1nn(Cc2n[nH]c(=O)[nH]2)c(=O)c(C#N)c1CC. The van der Waals surface area contributed by atoms with Crippen LogP contribution in [0.3, 0.4) is 0 Å². The van der Waals surface area contributed by atoms with Gasteiger partial charge in [-0.05, 0) is 18.4 Å². The molecule has 2 aromatic heterocycles. The van der Waals surface area contributed by atoms with Crippen molar-refractivity contribution in [3.63, 3.8) is 0 Å². The van der Waals surface area contributed by atoms with Crippen molar-refractivity contribution in [2.45, 2.75) is 33.2 Å². The summed E-state index contributed by atoms with van der Waals surface area (Å²) < 4.78 is 1.16. The molecule has 2 heterocycles. The van der Waals surface area contributed by atoms with Crippen molar-refractivity contribution in [3.8, 4) is 6.07 Å². The maximum atomic E-state index is 12.2. The van der Waals surface area contributed by atoms with Gasteiger partial charge in [0.05, 0.1) is 5.69 Å². The summed E-state index contributed by atoms with van der Waals surface area (Å²) in [4.78, 5) is 25.6. The monoisotopic (exact) mass is 274 g/mol. The van der Waals surface area contributed by atoms with Crippen molar-refractivity contribution in [1.82, 2.24) is 25.0 Å². The van der Waals surface area contributed by atoms with E-state index >= 15 is 0 Å². The summed E-state index contributed by atoms with van der Waals surface area (Å²) in [6, 6.07) is 1.95. The van der Waals surface area contributed by atoms with Gasteiger partial charge in [-0.2, -0.15) is 15.5 Å². The first-order valence-corrected chi connectivity index (χ1v) is 6.27. The fourth-order valence-electron chi connectivity index (χ4n) is 2.06. The molecule has 0 saturated carbocycles. The number of aromatic amines is 2. The zero-order valence-corrected chi connectivity index (χ0v) is 11.2. The van der Waals surface area contributed by atoms with Crippen LogP contribution in [0.1, 0.15) is 36.5 Å². The number of hydrogen-bond donors (Lipinski definition) is 2. The molecule has 2 rings (SSSR count). The Bertz CT molecular complexity index is 776. The van der Waals surface area contributed by atoms with Crippen molar-refractivity contribution < 1.29 is 0 Å². The number of aryl methyl sites for hydroxylation is 1. The molecular formula is C12H14N6O2. The number of H-pyrrole nitrogens is 2. The normalized spacial score (nSPS) is 10.4. The van der Waals surface area contributed by atoms with Gasteiger partial charge in [-0.1, -0.05) is 13.8 Å². The number of aromatic nitrogens is 5. The van der Waals surface area contributed by atoms with E-state index in [1.807, 2.05) is 19.9 Å². The maximum Gasteiger partial charge on any atom is 0.340 e. The molecule has 0 aliphatic heterocycles. The van der Waals surface area contributed by atoms with Crippen LogP contribution in [0.4, 0.5) is 0 Å². The molecule has 0 spiro atoms. The van der Waals surface area contributed by atoms with E-state index in [0.29, 0.717) is 29.9 Å². The first-order chi connectivity index (χ1) is 9.60. The molecule has 8 heteroatoms. The summed E-state index contributed by atoms with van der Waals surface area (Å²) in [7, 11) is 0. The lowest BCUT2D eigenvalue weighted by Gasteiger charge is -2.10. The highest BCUT2D eigenvalue weighted by Gasteiger charge is 2.15. The second kappa shape index (κ2) is 5.52. The zero-order valence-electron chi connectivity index (χ0n) is 11.2. The second-order valence-electron chi connectivity index (χ2n) is 4.21. The molecule has 8 nitrogen and oxygen atoms in total. The first kappa shape index (κ1) is 13.7. The Hall–Kier alpha value is -2.69. The van der Waals surface area contributed by atoms with Gasteiger partial charge in [-0.25, -0.2) is 14.6 Å².